The van der Waals surface area contributed by atoms with E-state index in [0.29, 0.717) is 13.2 Å². The van der Waals surface area contributed by atoms with Gasteiger partial charge in [-0.25, -0.2) is 0 Å². The molecule has 0 spiro atoms. The molecule has 25 heavy (non-hydrogen) atoms. The molecule has 2 bridgehead atoms. The molecule has 3 heterocycles. The average molecular weight is 334 g/mol. The molecule has 1 saturated heterocycles. The Bertz CT molecular complexity index is 875. The zero-order valence-corrected chi connectivity index (χ0v) is 14.0. The third-order valence-electron chi connectivity index (χ3n) is 5.04. The zero-order chi connectivity index (χ0) is 16.8. The highest BCUT2D eigenvalue weighted by Crippen LogP contribution is 2.56. The molecule has 2 aromatic carbocycles. The van der Waals surface area contributed by atoms with Crippen molar-refractivity contribution in [1.82, 2.24) is 0 Å². The van der Waals surface area contributed by atoms with E-state index in [1.807, 2.05) is 24.3 Å². The fourth-order valence-corrected chi connectivity index (χ4v) is 3.80. The lowest BCUT2D eigenvalue weighted by molar-refractivity contribution is 0.0656. The highest BCUT2D eigenvalue weighted by Gasteiger charge is 2.45. The van der Waals surface area contributed by atoms with E-state index >= 15 is 0 Å². The van der Waals surface area contributed by atoms with E-state index in [-0.39, 0.29) is 18.1 Å². The smallest absolute Gasteiger partial charge is 0.161 e. The number of rotatable bonds is 1. The summed E-state index contributed by atoms with van der Waals surface area (Å²) >= 11 is 0. The van der Waals surface area contributed by atoms with Gasteiger partial charge in [0.2, 0.25) is 0 Å². The standard InChI is InChI=1S/C21H18O4/c1-22-15-6-3-13(4-7-15)2-5-14-10-18-16-11-19-20(24-9-8-23-19)12-17(16)21(14)25-18/h3-4,6-7,11-12,14,18,21H,8-10H2,1H3/t14?,18-,21+/m1/s1. The summed E-state index contributed by atoms with van der Waals surface area (Å²) in [6.45, 7) is 1.21. The summed E-state index contributed by atoms with van der Waals surface area (Å²) in [5, 5.41) is 0. The highest BCUT2D eigenvalue weighted by molar-refractivity contribution is 5.53. The molecule has 0 aromatic heterocycles. The quantitative estimate of drug-likeness (QED) is 0.746. The van der Waals surface area contributed by atoms with E-state index in [9.17, 15) is 0 Å². The van der Waals surface area contributed by atoms with Crippen molar-refractivity contribution in [2.75, 3.05) is 20.3 Å². The van der Waals surface area contributed by atoms with E-state index in [2.05, 4.69) is 24.0 Å². The Labute approximate surface area is 146 Å². The number of methoxy groups -OCH3 is 1. The number of fused-ring (bicyclic) bond motifs is 6. The van der Waals surface area contributed by atoms with Crippen molar-refractivity contribution in [2.24, 2.45) is 5.92 Å². The van der Waals surface area contributed by atoms with E-state index in [4.69, 9.17) is 18.9 Å². The second-order valence-electron chi connectivity index (χ2n) is 6.51. The number of hydrogen-bond donors (Lipinski definition) is 0. The van der Waals surface area contributed by atoms with Crippen molar-refractivity contribution in [1.29, 1.82) is 0 Å². The predicted octanol–water partition coefficient (Wildman–Crippen LogP) is 3.65. The molecule has 0 amide bonds. The summed E-state index contributed by atoms with van der Waals surface area (Å²) in [5.74, 6) is 9.38. The van der Waals surface area contributed by atoms with Crippen molar-refractivity contribution in [3.8, 4) is 29.1 Å². The van der Waals surface area contributed by atoms with E-state index in [0.717, 1.165) is 29.2 Å². The van der Waals surface area contributed by atoms with Crippen molar-refractivity contribution in [3.05, 3.63) is 53.1 Å². The van der Waals surface area contributed by atoms with Crippen molar-refractivity contribution >= 4 is 0 Å². The molecular formula is C21H18O4. The van der Waals surface area contributed by atoms with Gasteiger partial charge in [0.05, 0.1) is 25.2 Å². The summed E-state index contributed by atoms with van der Waals surface area (Å²) < 4.78 is 22.8. The van der Waals surface area contributed by atoms with Crippen LogP contribution in [-0.2, 0) is 4.74 Å². The van der Waals surface area contributed by atoms with Crippen molar-refractivity contribution < 1.29 is 18.9 Å². The second kappa shape index (κ2) is 5.72. The van der Waals surface area contributed by atoms with Crippen LogP contribution in [0.2, 0.25) is 0 Å². The van der Waals surface area contributed by atoms with Gasteiger partial charge in [-0.3, -0.25) is 0 Å². The molecule has 0 radical (unpaired) electrons. The molecular weight excluding hydrogens is 316 g/mol. The molecule has 126 valence electrons. The largest absolute Gasteiger partial charge is 0.497 e. The Morgan fingerprint density at radius 1 is 1.00 bits per heavy atom. The number of benzene rings is 2. The second-order valence-corrected chi connectivity index (χ2v) is 6.51. The van der Waals surface area contributed by atoms with Gasteiger partial charge < -0.3 is 18.9 Å². The first-order valence-corrected chi connectivity index (χ1v) is 8.56. The van der Waals surface area contributed by atoms with Crippen LogP contribution in [0.5, 0.6) is 17.2 Å². The van der Waals surface area contributed by atoms with Gasteiger partial charge in [0.15, 0.2) is 11.5 Å². The Kier molecular flexibility index (Phi) is 3.36. The zero-order valence-electron chi connectivity index (χ0n) is 14.0. The van der Waals surface area contributed by atoms with Crippen LogP contribution in [0.25, 0.3) is 0 Å². The normalized spacial score (nSPS) is 25.1. The van der Waals surface area contributed by atoms with Gasteiger partial charge in [-0.2, -0.15) is 0 Å². The summed E-state index contributed by atoms with van der Waals surface area (Å²) in [6.07, 6.45) is 1.08. The van der Waals surface area contributed by atoms with Crippen LogP contribution >= 0.6 is 0 Å². The van der Waals surface area contributed by atoms with E-state index in [1.54, 1.807) is 7.11 Å². The van der Waals surface area contributed by atoms with Crippen molar-refractivity contribution in [2.45, 2.75) is 18.6 Å². The third-order valence-corrected chi connectivity index (χ3v) is 5.04. The van der Waals surface area contributed by atoms with Gasteiger partial charge in [-0.15, -0.1) is 0 Å². The van der Waals surface area contributed by atoms with Crippen LogP contribution in [0.4, 0.5) is 0 Å². The minimum atomic E-state index is 0.0292. The lowest BCUT2D eigenvalue weighted by atomic mass is 9.83. The van der Waals surface area contributed by atoms with Crippen LogP contribution in [0.1, 0.15) is 35.3 Å². The summed E-state index contributed by atoms with van der Waals surface area (Å²) in [6, 6.07) is 12.0. The molecule has 4 heteroatoms. The first-order chi connectivity index (χ1) is 12.3. The highest BCUT2D eigenvalue weighted by atomic mass is 16.6. The lowest BCUT2D eigenvalue weighted by Crippen LogP contribution is -2.17. The van der Waals surface area contributed by atoms with Gasteiger partial charge in [0.25, 0.3) is 0 Å². The molecule has 5 rings (SSSR count). The SMILES string of the molecule is COc1ccc(C#CC2C[C@H]3O[C@@H]2c2cc4c(cc23)OCCO4)cc1. The average Bonchev–Trinajstić information content (AvgIpc) is 3.24. The monoisotopic (exact) mass is 334 g/mol. The fourth-order valence-electron chi connectivity index (χ4n) is 3.80. The van der Waals surface area contributed by atoms with Crippen molar-refractivity contribution in [3.63, 3.8) is 0 Å². The summed E-state index contributed by atoms with van der Waals surface area (Å²) in [7, 11) is 1.66. The third kappa shape index (κ3) is 2.43. The Hall–Kier alpha value is -2.64. The van der Waals surface area contributed by atoms with Gasteiger partial charge in [-0.05, 0) is 53.9 Å². The Balaban J connectivity index is 1.41. The summed E-state index contributed by atoms with van der Waals surface area (Å²) in [5.41, 5.74) is 3.43. The molecule has 4 nitrogen and oxygen atoms in total. The molecule has 2 aromatic rings. The van der Waals surface area contributed by atoms with Crippen LogP contribution in [0.15, 0.2) is 36.4 Å². The Morgan fingerprint density at radius 3 is 2.44 bits per heavy atom. The summed E-state index contributed by atoms with van der Waals surface area (Å²) in [4.78, 5) is 0. The van der Waals surface area contributed by atoms with Gasteiger partial charge in [-0.1, -0.05) is 11.8 Å². The minimum absolute atomic E-state index is 0.0292. The topological polar surface area (TPSA) is 36.9 Å². The molecule has 1 fully saturated rings. The lowest BCUT2D eigenvalue weighted by Gasteiger charge is -2.23. The van der Waals surface area contributed by atoms with Crippen LogP contribution in [0.3, 0.4) is 0 Å². The van der Waals surface area contributed by atoms with Crippen LogP contribution in [-0.4, -0.2) is 20.3 Å². The minimum Gasteiger partial charge on any atom is -0.497 e. The first kappa shape index (κ1) is 14.7. The fraction of sp³-hybridized carbons (Fsp3) is 0.333. The first-order valence-electron chi connectivity index (χ1n) is 8.56. The molecule has 0 aliphatic carbocycles. The number of hydrogen-bond acceptors (Lipinski definition) is 4. The molecule has 3 aliphatic heterocycles. The number of ether oxygens (including phenoxy) is 4. The molecule has 0 N–H and O–H groups in total. The maximum Gasteiger partial charge on any atom is 0.161 e. The van der Waals surface area contributed by atoms with Gasteiger partial charge in [0.1, 0.15) is 19.0 Å². The van der Waals surface area contributed by atoms with Gasteiger partial charge >= 0.3 is 0 Å². The molecule has 0 saturated carbocycles. The van der Waals surface area contributed by atoms with E-state index < -0.39 is 0 Å². The molecule has 1 unspecified atom stereocenters. The van der Waals surface area contributed by atoms with Gasteiger partial charge in [0, 0.05) is 5.56 Å². The van der Waals surface area contributed by atoms with Crippen LogP contribution in [0, 0.1) is 17.8 Å². The van der Waals surface area contributed by atoms with Crippen LogP contribution < -0.4 is 14.2 Å². The maximum atomic E-state index is 6.17. The maximum absolute atomic E-state index is 6.17. The Morgan fingerprint density at radius 2 is 1.72 bits per heavy atom. The molecule has 3 aliphatic rings. The molecule has 3 atom stereocenters. The van der Waals surface area contributed by atoms with E-state index in [1.165, 1.54) is 11.1 Å². The predicted molar refractivity (Wildman–Crippen MR) is 92.0 cm³/mol.